The number of aromatic nitrogens is 2. The van der Waals surface area contributed by atoms with Crippen LogP contribution in [-0.2, 0) is 20.7 Å². The summed E-state index contributed by atoms with van der Waals surface area (Å²) in [6.07, 6.45) is 2.45. The summed E-state index contributed by atoms with van der Waals surface area (Å²) in [5.41, 5.74) is 2.44. The van der Waals surface area contributed by atoms with Crippen molar-refractivity contribution in [3.05, 3.63) is 65.4 Å². The van der Waals surface area contributed by atoms with Crippen LogP contribution >= 0.6 is 11.3 Å². The molecule has 0 saturated carbocycles. The fraction of sp³-hybridized carbons (Fsp3) is 0.190. The molecule has 2 aromatic heterocycles. The molecule has 0 unspecified atom stereocenters. The normalized spacial score (nSPS) is 11.5. The number of anilines is 1. The van der Waals surface area contributed by atoms with Crippen LogP contribution in [0.25, 0.3) is 10.6 Å². The van der Waals surface area contributed by atoms with Gasteiger partial charge in [-0.1, -0.05) is 0 Å². The highest BCUT2D eigenvalue weighted by Crippen LogP contribution is 2.23. The van der Waals surface area contributed by atoms with Gasteiger partial charge in [-0.3, -0.25) is 19.4 Å². The summed E-state index contributed by atoms with van der Waals surface area (Å²) in [4.78, 5) is 44.2. The molecule has 1 N–H and O–H groups in total. The first-order valence-corrected chi connectivity index (χ1v) is 9.76. The Morgan fingerprint density at radius 1 is 1.17 bits per heavy atom. The topological polar surface area (TPSA) is 98.2 Å². The Bertz CT molecular complexity index is 1020. The molecule has 1 amide bonds. The lowest BCUT2D eigenvalue weighted by molar-refractivity contribution is -0.145. The largest absolute Gasteiger partial charge is 0.454 e. The van der Waals surface area contributed by atoms with E-state index >= 15 is 0 Å². The van der Waals surface area contributed by atoms with Crippen molar-refractivity contribution >= 4 is 34.7 Å². The maximum absolute atomic E-state index is 12.5. The molecule has 148 valence electrons. The van der Waals surface area contributed by atoms with E-state index in [1.54, 1.807) is 42.0 Å². The van der Waals surface area contributed by atoms with Crippen LogP contribution < -0.4 is 5.32 Å². The van der Waals surface area contributed by atoms with Gasteiger partial charge in [-0.15, -0.1) is 11.3 Å². The molecule has 1 atom stereocenters. The van der Waals surface area contributed by atoms with E-state index < -0.39 is 12.1 Å². The van der Waals surface area contributed by atoms with E-state index in [9.17, 15) is 14.4 Å². The van der Waals surface area contributed by atoms with E-state index in [2.05, 4.69) is 15.3 Å². The number of thiazole rings is 1. The van der Waals surface area contributed by atoms with Crippen molar-refractivity contribution < 1.29 is 19.1 Å². The second-order valence-corrected chi connectivity index (χ2v) is 7.18. The third kappa shape index (κ3) is 5.55. The van der Waals surface area contributed by atoms with Gasteiger partial charge in [0.2, 0.25) is 11.7 Å². The SMILES string of the molecule is CC(=O)Nc1ccc(C(=O)[C@H](C)OC(=O)Cc2csc(-c3cccnc3)n2)cc1. The van der Waals surface area contributed by atoms with Gasteiger partial charge in [-0.2, -0.15) is 0 Å². The second kappa shape index (κ2) is 9.20. The van der Waals surface area contributed by atoms with Crippen LogP contribution in [0, 0.1) is 0 Å². The number of ketones is 1. The molecule has 0 bridgehead atoms. The van der Waals surface area contributed by atoms with Crippen LogP contribution in [0.5, 0.6) is 0 Å². The van der Waals surface area contributed by atoms with Gasteiger partial charge in [0.1, 0.15) is 5.01 Å². The van der Waals surface area contributed by atoms with Gasteiger partial charge in [0.05, 0.1) is 12.1 Å². The zero-order chi connectivity index (χ0) is 20.8. The van der Waals surface area contributed by atoms with E-state index in [1.165, 1.54) is 25.2 Å². The van der Waals surface area contributed by atoms with Gasteiger partial charge >= 0.3 is 5.97 Å². The lowest BCUT2D eigenvalue weighted by Crippen LogP contribution is -2.25. The number of carbonyl (C=O) groups is 3. The number of hydrogen-bond acceptors (Lipinski definition) is 7. The first-order chi connectivity index (χ1) is 13.9. The summed E-state index contributed by atoms with van der Waals surface area (Å²) < 4.78 is 5.27. The van der Waals surface area contributed by atoms with Gasteiger partial charge in [0.15, 0.2) is 6.10 Å². The number of hydrogen-bond donors (Lipinski definition) is 1. The maximum atomic E-state index is 12.5. The smallest absolute Gasteiger partial charge is 0.312 e. The number of Topliss-reactive ketones (excluding diaryl/α,β-unsaturated/α-hetero) is 1. The number of nitrogens with one attached hydrogen (secondary N) is 1. The van der Waals surface area contributed by atoms with Crippen LogP contribution in [0.4, 0.5) is 5.69 Å². The lowest BCUT2D eigenvalue weighted by Gasteiger charge is -2.12. The van der Waals surface area contributed by atoms with Crippen LogP contribution in [-0.4, -0.2) is 33.7 Å². The average molecular weight is 409 g/mol. The first-order valence-electron chi connectivity index (χ1n) is 8.88. The van der Waals surface area contributed by atoms with Crippen LogP contribution in [0.15, 0.2) is 54.2 Å². The minimum Gasteiger partial charge on any atom is -0.454 e. The predicted octanol–water partition coefficient (Wildman–Crippen LogP) is 3.52. The van der Waals surface area contributed by atoms with Crippen molar-refractivity contribution in [3.8, 4) is 10.6 Å². The summed E-state index contributed by atoms with van der Waals surface area (Å²) in [6.45, 7) is 2.94. The van der Waals surface area contributed by atoms with E-state index in [0.717, 1.165) is 10.6 Å². The highest BCUT2D eigenvalue weighted by atomic mass is 32.1. The van der Waals surface area contributed by atoms with Crippen LogP contribution in [0.1, 0.15) is 29.9 Å². The summed E-state index contributed by atoms with van der Waals surface area (Å²) in [5.74, 6) is -1.04. The number of nitrogens with zero attached hydrogens (tertiary/aromatic N) is 2. The third-order valence-corrected chi connectivity index (χ3v) is 4.89. The molecule has 8 heteroatoms. The number of amides is 1. The molecule has 3 aromatic rings. The van der Waals surface area contributed by atoms with E-state index in [-0.39, 0.29) is 18.1 Å². The van der Waals surface area contributed by atoms with E-state index in [1.807, 2.05) is 12.1 Å². The molecule has 0 radical (unpaired) electrons. The molecule has 0 spiro atoms. The fourth-order valence-electron chi connectivity index (χ4n) is 2.61. The Morgan fingerprint density at radius 3 is 2.59 bits per heavy atom. The Labute approximate surface area is 171 Å². The number of pyridine rings is 1. The number of rotatable bonds is 7. The van der Waals surface area contributed by atoms with Crippen molar-refractivity contribution in [3.63, 3.8) is 0 Å². The van der Waals surface area contributed by atoms with E-state index in [0.29, 0.717) is 16.9 Å². The highest BCUT2D eigenvalue weighted by molar-refractivity contribution is 7.13. The minimum absolute atomic E-state index is 0.0180. The summed E-state index contributed by atoms with van der Waals surface area (Å²) in [7, 11) is 0. The second-order valence-electron chi connectivity index (χ2n) is 6.32. The van der Waals surface area contributed by atoms with E-state index in [4.69, 9.17) is 4.74 Å². The molecule has 0 aliphatic carbocycles. The zero-order valence-corrected chi connectivity index (χ0v) is 16.7. The summed E-state index contributed by atoms with van der Waals surface area (Å²) in [5, 5.41) is 5.18. The predicted molar refractivity (Wildman–Crippen MR) is 110 cm³/mol. The van der Waals surface area contributed by atoms with Crippen molar-refractivity contribution in [2.24, 2.45) is 0 Å². The molecule has 7 nitrogen and oxygen atoms in total. The van der Waals surface area contributed by atoms with Crippen molar-refractivity contribution in [2.75, 3.05) is 5.32 Å². The fourth-order valence-corrected chi connectivity index (χ4v) is 3.42. The highest BCUT2D eigenvalue weighted by Gasteiger charge is 2.20. The van der Waals surface area contributed by atoms with Gasteiger partial charge in [-0.05, 0) is 43.3 Å². The molecule has 1 aromatic carbocycles. The molecule has 3 rings (SSSR count). The molecule has 0 aliphatic heterocycles. The summed E-state index contributed by atoms with van der Waals surface area (Å²) >= 11 is 1.42. The minimum atomic E-state index is -0.925. The number of benzene rings is 1. The molecule has 0 aliphatic rings. The van der Waals surface area contributed by atoms with Crippen LogP contribution in [0.3, 0.4) is 0 Å². The Morgan fingerprint density at radius 2 is 1.93 bits per heavy atom. The van der Waals surface area contributed by atoms with Crippen LogP contribution in [0.2, 0.25) is 0 Å². The Hall–Kier alpha value is -3.39. The zero-order valence-electron chi connectivity index (χ0n) is 15.9. The van der Waals surface area contributed by atoms with Crippen molar-refractivity contribution in [1.29, 1.82) is 0 Å². The quantitative estimate of drug-likeness (QED) is 0.474. The molecule has 29 heavy (non-hydrogen) atoms. The average Bonchev–Trinajstić information content (AvgIpc) is 3.16. The lowest BCUT2D eigenvalue weighted by atomic mass is 10.1. The van der Waals surface area contributed by atoms with Gasteiger partial charge in [-0.25, -0.2) is 4.98 Å². The molecular weight excluding hydrogens is 390 g/mol. The molecule has 0 fully saturated rings. The number of carbonyl (C=O) groups excluding carboxylic acids is 3. The summed E-state index contributed by atoms with van der Waals surface area (Å²) in [6, 6.07) is 10.1. The number of esters is 1. The number of ether oxygens (including phenoxy) is 1. The van der Waals surface area contributed by atoms with Crippen molar-refractivity contribution in [1.82, 2.24) is 9.97 Å². The maximum Gasteiger partial charge on any atom is 0.312 e. The molecular formula is C21H19N3O4S. The van der Waals surface area contributed by atoms with Gasteiger partial charge in [0.25, 0.3) is 0 Å². The molecule has 0 saturated heterocycles. The first kappa shape index (κ1) is 20.3. The van der Waals surface area contributed by atoms with Gasteiger partial charge in [0, 0.05) is 41.5 Å². The monoisotopic (exact) mass is 409 g/mol. The third-order valence-electron chi connectivity index (χ3n) is 3.95. The molecule has 2 heterocycles. The van der Waals surface area contributed by atoms with Gasteiger partial charge < -0.3 is 10.1 Å². The Balaban J connectivity index is 1.57. The van der Waals surface area contributed by atoms with Crippen molar-refractivity contribution in [2.45, 2.75) is 26.4 Å². The Kier molecular flexibility index (Phi) is 6.46. The standard InChI is InChI=1S/C21H19N3O4S/c1-13(20(27)15-5-7-17(8-6-15)23-14(2)25)28-19(26)10-18-12-29-21(24-18)16-4-3-9-22-11-16/h3-9,11-13H,10H2,1-2H3,(H,23,25)/t13-/m0/s1.